The molecule has 1 aromatic carbocycles. The maximum Gasteiger partial charge on any atom is 0.243 e. The van der Waals surface area contributed by atoms with Crippen LogP contribution in [-0.2, 0) is 14.8 Å². The zero-order valence-corrected chi connectivity index (χ0v) is 15.6. The molecule has 0 saturated carbocycles. The van der Waals surface area contributed by atoms with Crippen molar-refractivity contribution in [1.29, 1.82) is 0 Å². The van der Waals surface area contributed by atoms with Gasteiger partial charge in [0.25, 0.3) is 0 Å². The number of hydrogen-bond acceptors (Lipinski definition) is 5. The Morgan fingerprint density at radius 2 is 1.92 bits per heavy atom. The van der Waals surface area contributed by atoms with Gasteiger partial charge in [0.15, 0.2) is 0 Å². The van der Waals surface area contributed by atoms with Crippen LogP contribution in [0.2, 0.25) is 0 Å². The van der Waals surface area contributed by atoms with E-state index >= 15 is 0 Å². The van der Waals surface area contributed by atoms with E-state index < -0.39 is 10.0 Å². The van der Waals surface area contributed by atoms with Crippen molar-refractivity contribution < 1.29 is 18.3 Å². The van der Waals surface area contributed by atoms with Crippen molar-refractivity contribution in [3.05, 3.63) is 18.2 Å². The van der Waals surface area contributed by atoms with Gasteiger partial charge in [-0.05, 0) is 42.5 Å². The van der Waals surface area contributed by atoms with Crippen molar-refractivity contribution in [2.45, 2.75) is 31.6 Å². The van der Waals surface area contributed by atoms with Gasteiger partial charge in [-0.25, -0.2) is 8.42 Å². The molecule has 1 aromatic rings. The fourth-order valence-corrected chi connectivity index (χ4v) is 5.27. The maximum absolute atomic E-state index is 12.6. The van der Waals surface area contributed by atoms with Crippen LogP contribution in [0.15, 0.2) is 23.1 Å². The number of benzene rings is 1. The third kappa shape index (κ3) is 4.23. The quantitative estimate of drug-likeness (QED) is 0.749. The summed E-state index contributed by atoms with van der Waals surface area (Å²) in [6, 6.07) is 4.00. The summed E-state index contributed by atoms with van der Waals surface area (Å²) in [4.78, 5) is 12.4. The summed E-state index contributed by atoms with van der Waals surface area (Å²) in [5, 5.41) is 12.7. The van der Waals surface area contributed by atoms with Gasteiger partial charge in [0.2, 0.25) is 15.9 Å². The van der Waals surface area contributed by atoms with Crippen LogP contribution in [0.25, 0.3) is 0 Å². The van der Waals surface area contributed by atoms with Crippen molar-refractivity contribution in [3.63, 3.8) is 0 Å². The molecule has 1 amide bonds. The van der Waals surface area contributed by atoms with Gasteiger partial charge in [-0.3, -0.25) is 4.79 Å². The van der Waals surface area contributed by atoms with Crippen LogP contribution in [-0.4, -0.2) is 48.3 Å². The number of phenolic OH excluding ortho intramolecular Hbond substituents is 1. The van der Waals surface area contributed by atoms with Crippen molar-refractivity contribution in [2.75, 3.05) is 29.9 Å². The Bertz CT molecular complexity index is 681. The number of nitrogens with one attached hydrogen (secondary N) is 1. The highest BCUT2D eigenvalue weighted by Gasteiger charge is 2.25. The van der Waals surface area contributed by atoms with E-state index in [0.717, 1.165) is 24.3 Å². The van der Waals surface area contributed by atoms with E-state index in [1.165, 1.54) is 22.5 Å². The van der Waals surface area contributed by atoms with Gasteiger partial charge in [-0.2, -0.15) is 16.1 Å². The molecule has 2 rings (SSSR count). The average Bonchev–Trinajstić information content (AvgIpc) is 2.58. The first-order chi connectivity index (χ1) is 11.4. The van der Waals surface area contributed by atoms with E-state index in [1.807, 2.05) is 11.8 Å². The lowest BCUT2D eigenvalue weighted by molar-refractivity contribution is -0.120. The van der Waals surface area contributed by atoms with E-state index in [1.54, 1.807) is 13.8 Å². The summed E-state index contributed by atoms with van der Waals surface area (Å²) < 4.78 is 26.5. The lowest BCUT2D eigenvalue weighted by Gasteiger charge is -2.22. The molecule has 0 aromatic heterocycles. The molecule has 8 heteroatoms. The molecular formula is C16H24N2O4S2. The SMILES string of the molecule is CCN(CC)S(=O)(=O)c1ccc(O)c(NC(=O)C2CCSCC2)c1. The summed E-state index contributed by atoms with van der Waals surface area (Å²) in [5.74, 6) is 1.50. The molecular weight excluding hydrogens is 348 g/mol. The molecule has 1 aliphatic rings. The predicted octanol–water partition coefficient (Wildman–Crippen LogP) is 2.50. The second-order valence-electron chi connectivity index (χ2n) is 5.64. The van der Waals surface area contributed by atoms with Gasteiger partial charge in [-0.15, -0.1) is 0 Å². The fourth-order valence-electron chi connectivity index (χ4n) is 2.68. The van der Waals surface area contributed by atoms with Crippen LogP contribution in [0.4, 0.5) is 5.69 Å². The number of anilines is 1. The normalized spacial score (nSPS) is 16.3. The number of aromatic hydroxyl groups is 1. The van der Waals surface area contributed by atoms with Gasteiger partial charge in [0, 0.05) is 19.0 Å². The van der Waals surface area contributed by atoms with Crippen LogP contribution in [0.1, 0.15) is 26.7 Å². The van der Waals surface area contributed by atoms with Crippen molar-refractivity contribution in [2.24, 2.45) is 5.92 Å². The van der Waals surface area contributed by atoms with Crippen molar-refractivity contribution >= 4 is 33.4 Å². The average molecular weight is 373 g/mol. The molecule has 0 spiro atoms. The lowest BCUT2D eigenvalue weighted by Crippen LogP contribution is -2.30. The highest BCUT2D eigenvalue weighted by atomic mass is 32.2. The molecule has 134 valence electrons. The van der Waals surface area contributed by atoms with Crippen LogP contribution in [0, 0.1) is 5.92 Å². The Hall–Kier alpha value is -1.25. The minimum absolute atomic E-state index is 0.0681. The molecule has 24 heavy (non-hydrogen) atoms. The minimum atomic E-state index is -3.63. The highest BCUT2D eigenvalue weighted by molar-refractivity contribution is 7.99. The first kappa shape index (κ1) is 19.1. The summed E-state index contributed by atoms with van der Waals surface area (Å²) in [6.07, 6.45) is 1.60. The Labute approximate surface area is 147 Å². The number of carbonyl (C=O) groups excluding carboxylic acids is 1. The Balaban J connectivity index is 2.23. The number of phenols is 1. The number of nitrogens with zero attached hydrogens (tertiary/aromatic N) is 1. The van der Waals surface area contributed by atoms with E-state index in [-0.39, 0.29) is 28.2 Å². The summed E-state index contributed by atoms with van der Waals surface area (Å²) in [6.45, 7) is 4.26. The molecule has 1 saturated heterocycles. The Kier molecular flexibility index (Phi) is 6.54. The van der Waals surface area contributed by atoms with E-state index in [0.29, 0.717) is 13.1 Å². The van der Waals surface area contributed by atoms with Gasteiger partial charge in [0.1, 0.15) is 5.75 Å². The lowest BCUT2D eigenvalue weighted by atomic mass is 10.0. The molecule has 0 aliphatic carbocycles. The summed E-state index contributed by atoms with van der Waals surface area (Å²) >= 11 is 1.83. The van der Waals surface area contributed by atoms with Crippen molar-refractivity contribution in [3.8, 4) is 5.75 Å². The van der Waals surface area contributed by atoms with Gasteiger partial charge >= 0.3 is 0 Å². The van der Waals surface area contributed by atoms with E-state index in [4.69, 9.17) is 0 Å². The summed E-state index contributed by atoms with van der Waals surface area (Å²) in [7, 11) is -3.63. The highest BCUT2D eigenvalue weighted by Crippen LogP contribution is 2.30. The Morgan fingerprint density at radius 1 is 1.29 bits per heavy atom. The zero-order valence-electron chi connectivity index (χ0n) is 14.0. The topological polar surface area (TPSA) is 86.7 Å². The summed E-state index contributed by atoms with van der Waals surface area (Å²) in [5.41, 5.74) is 0.145. The van der Waals surface area contributed by atoms with Crippen LogP contribution in [0.5, 0.6) is 5.75 Å². The Morgan fingerprint density at radius 3 is 2.50 bits per heavy atom. The fraction of sp³-hybridized carbons (Fsp3) is 0.562. The van der Waals surface area contributed by atoms with Gasteiger partial charge in [0.05, 0.1) is 10.6 Å². The van der Waals surface area contributed by atoms with Crippen LogP contribution in [0.3, 0.4) is 0 Å². The molecule has 0 unspecified atom stereocenters. The molecule has 2 N–H and O–H groups in total. The maximum atomic E-state index is 12.6. The number of thioether (sulfide) groups is 1. The second kappa shape index (κ2) is 8.22. The smallest absolute Gasteiger partial charge is 0.243 e. The zero-order chi connectivity index (χ0) is 17.7. The molecule has 0 radical (unpaired) electrons. The molecule has 1 aliphatic heterocycles. The molecule has 6 nitrogen and oxygen atoms in total. The number of carbonyl (C=O) groups is 1. The van der Waals surface area contributed by atoms with E-state index in [2.05, 4.69) is 5.32 Å². The molecule has 0 bridgehead atoms. The predicted molar refractivity (Wildman–Crippen MR) is 96.9 cm³/mol. The molecule has 0 atom stereocenters. The van der Waals surface area contributed by atoms with Crippen LogP contribution >= 0.6 is 11.8 Å². The largest absolute Gasteiger partial charge is 0.506 e. The number of amides is 1. The minimum Gasteiger partial charge on any atom is -0.506 e. The van der Waals surface area contributed by atoms with Crippen molar-refractivity contribution in [1.82, 2.24) is 4.31 Å². The number of rotatable bonds is 6. The first-order valence-corrected chi connectivity index (χ1v) is 10.7. The second-order valence-corrected chi connectivity index (χ2v) is 8.81. The third-order valence-corrected chi connectivity index (χ3v) is 7.26. The molecule has 1 fully saturated rings. The van der Waals surface area contributed by atoms with Crippen LogP contribution < -0.4 is 5.32 Å². The van der Waals surface area contributed by atoms with Gasteiger partial charge < -0.3 is 10.4 Å². The van der Waals surface area contributed by atoms with E-state index in [9.17, 15) is 18.3 Å². The number of sulfonamides is 1. The standard InChI is InChI=1S/C16H24N2O4S2/c1-3-18(4-2)24(21,22)13-5-6-15(19)14(11-13)17-16(20)12-7-9-23-10-8-12/h5-6,11-12,19H,3-4,7-10H2,1-2H3,(H,17,20). The third-order valence-electron chi connectivity index (χ3n) is 4.16. The first-order valence-electron chi connectivity index (χ1n) is 8.11. The van der Waals surface area contributed by atoms with Gasteiger partial charge in [-0.1, -0.05) is 13.8 Å². The molecule has 1 heterocycles. The number of hydrogen-bond donors (Lipinski definition) is 2. The monoisotopic (exact) mass is 372 g/mol.